The summed E-state index contributed by atoms with van der Waals surface area (Å²) in [6.45, 7) is 3.18. The minimum atomic E-state index is -3.39. The van der Waals surface area contributed by atoms with E-state index in [1.54, 1.807) is 24.1 Å². The number of sulfonamides is 1. The number of carbonyl (C=O) groups is 1. The van der Waals surface area contributed by atoms with Crippen LogP contribution in [0, 0.1) is 5.82 Å². The van der Waals surface area contributed by atoms with Gasteiger partial charge in [-0.05, 0) is 30.5 Å². The molecule has 1 amide bonds. The van der Waals surface area contributed by atoms with E-state index in [4.69, 9.17) is 0 Å². The first kappa shape index (κ1) is 20.6. The standard InChI is InChI=1S/C17H27FN2O3S/c1-4-5-12-19(2)17(21)11-14-20(24(3,22)23)13-10-15-6-8-16(18)9-7-15/h6-9H,4-5,10-14H2,1-3H3. The number of nitrogens with zero attached hydrogens (tertiary/aromatic N) is 2. The molecule has 0 aromatic heterocycles. The van der Waals surface area contributed by atoms with Crippen molar-refractivity contribution in [2.24, 2.45) is 0 Å². The van der Waals surface area contributed by atoms with E-state index in [-0.39, 0.29) is 31.2 Å². The van der Waals surface area contributed by atoms with E-state index in [0.29, 0.717) is 13.0 Å². The molecule has 0 fully saturated rings. The Morgan fingerprint density at radius 3 is 2.29 bits per heavy atom. The van der Waals surface area contributed by atoms with Gasteiger partial charge in [-0.1, -0.05) is 25.5 Å². The summed E-state index contributed by atoms with van der Waals surface area (Å²) in [4.78, 5) is 13.7. The number of rotatable bonds is 10. The molecule has 0 saturated carbocycles. The highest BCUT2D eigenvalue weighted by molar-refractivity contribution is 7.88. The van der Waals surface area contributed by atoms with Gasteiger partial charge < -0.3 is 4.90 Å². The van der Waals surface area contributed by atoms with Crippen molar-refractivity contribution < 1.29 is 17.6 Å². The Morgan fingerprint density at radius 1 is 1.12 bits per heavy atom. The molecule has 0 saturated heterocycles. The van der Waals surface area contributed by atoms with Gasteiger partial charge in [-0.15, -0.1) is 0 Å². The first-order valence-corrected chi connectivity index (χ1v) is 10.0. The molecule has 1 aromatic rings. The fraction of sp³-hybridized carbons (Fsp3) is 0.588. The Morgan fingerprint density at radius 2 is 1.75 bits per heavy atom. The normalized spacial score (nSPS) is 11.7. The van der Waals surface area contributed by atoms with Crippen LogP contribution in [0.1, 0.15) is 31.7 Å². The molecule has 0 aliphatic carbocycles. The van der Waals surface area contributed by atoms with Gasteiger partial charge in [0.1, 0.15) is 5.82 Å². The van der Waals surface area contributed by atoms with Gasteiger partial charge in [-0.25, -0.2) is 17.1 Å². The van der Waals surface area contributed by atoms with E-state index >= 15 is 0 Å². The van der Waals surface area contributed by atoms with Crippen LogP contribution in [0.25, 0.3) is 0 Å². The van der Waals surface area contributed by atoms with E-state index in [1.807, 2.05) is 0 Å². The summed E-state index contributed by atoms with van der Waals surface area (Å²) in [6.07, 6.45) is 3.72. The Hall–Kier alpha value is -1.47. The van der Waals surface area contributed by atoms with E-state index < -0.39 is 10.0 Å². The van der Waals surface area contributed by atoms with Crippen LogP contribution in [-0.2, 0) is 21.2 Å². The molecule has 0 heterocycles. The predicted molar refractivity (Wildman–Crippen MR) is 93.7 cm³/mol. The minimum absolute atomic E-state index is 0.0566. The van der Waals surface area contributed by atoms with Gasteiger partial charge in [0.15, 0.2) is 0 Å². The van der Waals surface area contributed by atoms with Gasteiger partial charge in [0, 0.05) is 33.1 Å². The number of hydrogen-bond acceptors (Lipinski definition) is 3. The van der Waals surface area contributed by atoms with Crippen molar-refractivity contribution in [2.75, 3.05) is 32.9 Å². The lowest BCUT2D eigenvalue weighted by Gasteiger charge is -2.22. The third kappa shape index (κ3) is 7.40. The molecule has 5 nitrogen and oxygen atoms in total. The van der Waals surface area contributed by atoms with Crippen molar-refractivity contribution in [3.8, 4) is 0 Å². The van der Waals surface area contributed by atoms with Crippen LogP contribution >= 0.6 is 0 Å². The molecule has 136 valence electrons. The maximum atomic E-state index is 12.9. The van der Waals surface area contributed by atoms with Gasteiger partial charge >= 0.3 is 0 Å². The fourth-order valence-electron chi connectivity index (χ4n) is 2.28. The summed E-state index contributed by atoms with van der Waals surface area (Å²) in [7, 11) is -1.66. The van der Waals surface area contributed by atoms with E-state index in [9.17, 15) is 17.6 Å². The predicted octanol–water partition coefficient (Wildman–Crippen LogP) is 2.28. The molecule has 0 atom stereocenters. The highest BCUT2D eigenvalue weighted by Crippen LogP contribution is 2.08. The molecule has 0 bridgehead atoms. The number of hydrogen-bond donors (Lipinski definition) is 0. The van der Waals surface area contributed by atoms with E-state index in [2.05, 4.69) is 6.92 Å². The fourth-order valence-corrected chi connectivity index (χ4v) is 3.13. The summed E-state index contributed by atoms with van der Waals surface area (Å²) in [5.41, 5.74) is 0.858. The lowest BCUT2D eigenvalue weighted by Crippen LogP contribution is -2.36. The zero-order valence-electron chi connectivity index (χ0n) is 14.7. The first-order chi connectivity index (χ1) is 11.2. The molecule has 24 heavy (non-hydrogen) atoms. The Kier molecular flexibility index (Phi) is 8.35. The zero-order chi connectivity index (χ0) is 18.2. The van der Waals surface area contributed by atoms with Crippen molar-refractivity contribution in [1.29, 1.82) is 0 Å². The average Bonchev–Trinajstić information content (AvgIpc) is 2.52. The van der Waals surface area contributed by atoms with E-state index in [1.165, 1.54) is 16.4 Å². The van der Waals surface area contributed by atoms with Crippen LogP contribution < -0.4 is 0 Å². The quantitative estimate of drug-likeness (QED) is 0.645. The number of amides is 1. The van der Waals surface area contributed by atoms with Gasteiger partial charge in [0.05, 0.1) is 6.26 Å². The summed E-state index contributed by atoms with van der Waals surface area (Å²) in [6, 6.07) is 5.98. The molecule has 0 unspecified atom stereocenters. The number of benzene rings is 1. The van der Waals surface area contributed by atoms with Gasteiger partial charge in [0.25, 0.3) is 0 Å². The summed E-state index contributed by atoms with van der Waals surface area (Å²) < 4.78 is 38.0. The second kappa shape index (κ2) is 9.74. The van der Waals surface area contributed by atoms with Gasteiger partial charge in [0.2, 0.25) is 15.9 Å². The first-order valence-electron chi connectivity index (χ1n) is 8.17. The second-order valence-corrected chi connectivity index (χ2v) is 7.94. The maximum absolute atomic E-state index is 12.9. The van der Waals surface area contributed by atoms with Crippen LogP contribution in [0.4, 0.5) is 4.39 Å². The lowest BCUT2D eigenvalue weighted by molar-refractivity contribution is -0.130. The SMILES string of the molecule is CCCCN(C)C(=O)CCN(CCc1ccc(F)cc1)S(C)(=O)=O. The van der Waals surface area contributed by atoms with Crippen LogP contribution in [0.3, 0.4) is 0 Å². The number of unbranched alkanes of at least 4 members (excludes halogenated alkanes) is 1. The average molecular weight is 358 g/mol. The topological polar surface area (TPSA) is 57.7 Å². The van der Waals surface area contributed by atoms with Gasteiger partial charge in [-0.2, -0.15) is 0 Å². The summed E-state index contributed by atoms with van der Waals surface area (Å²) in [5, 5.41) is 0. The van der Waals surface area contributed by atoms with Crippen LogP contribution in [0.15, 0.2) is 24.3 Å². The third-order valence-corrected chi connectivity index (χ3v) is 5.18. The molecule has 7 heteroatoms. The molecule has 1 rings (SSSR count). The van der Waals surface area contributed by atoms with Crippen LogP contribution in [0.5, 0.6) is 0 Å². The number of halogens is 1. The van der Waals surface area contributed by atoms with Crippen molar-refractivity contribution >= 4 is 15.9 Å². The van der Waals surface area contributed by atoms with Crippen molar-refractivity contribution in [3.05, 3.63) is 35.6 Å². The smallest absolute Gasteiger partial charge is 0.223 e. The molecule has 0 N–H and O–H groups in total. The van der Waals surface area contributed by atoms with Crippen LogP contribution in [-0.4, -0.2) is 56.5 Å². The molecule has 0 aliphatic heterocycles. The van der Waals surface area contributed by atoms with Crippen molar-refractivity contribution in [1.82, 2.24) is 9.21 Å². The second-order valence-electron chi connectivity index (χ2n) is 5.96. The summed E-state index contributed by atoms with van der Waals surface area (Å²) in [5.74, 6) is -0.377. The van der Waals surface area contributed by atoms with Crippen molar-refractivity contribution in [3.63, 3.8) is 0 Å². The Labute approximate surface area is 144 Å². The monoisotopic (exact) mass is 358 g/mol. The highest BCUT2D eigenvalue weighted by Gasteiger charge is 2.19. The zero-order valence-corrected chi connectivity index (χ0v) is 15.5. The Bertz CT molecular complexity index is 617. The summed E-state index contributed by atoms with van der Waals surface area (Å²) >= 11 is 0. The van der Waals surface area contributed by atoms with Crippen LogP contribution in [0.2, 0.25) is 0 Å². The molecule has 0 spiro atoms. The highest BCUT2D eigenvalue weighted by atomic mass is 32.2. The molecular weight excluding hydrogens is 331 g/mol. The largest absolute Gasteiger partial charge is 0.346 e. The van der Waals surface area contributed by atoms with Crippen molar-refractivity contribution in [2.45, 2.75) is 32.6 Å². The molecule has 1 aromatic carbocycles. The molecular formula is C17H27FN2O3S. The molecule has 0 radical (unpaired) electrons. The van der Waals surface area contributed by atoms with Gasteiger partial charge in [-0.3, -0.25) is 4.79 Å². The third-order valence-electron chi connectivity index (χ3n) is 3.88. The van der Waals surface area contributed by atoms with E-state index in [0.717, 1.165) is 24.7 Å². The number of carbonyl (C=O) groups excluding carboxylic acids is 1. The maximum Gasteiger partial charge on any atom is 0.223 e. The Balaban J connectivity index is 2.57. The lowest BCUT2D eigenvalue weighted by atomic mass is 10.1. The molecule has 0 aliphatic rings. The minimum Gasteiger partial charge on any atom is -0.346 e.